The molecule has 3 aliphatic rings. The number of hydrogen-bond donors (Lipinski definition) is 2. The van der Waals surface area contributed by atoms with Gasteiger partial charge in [0.05, 0.1) is 18.6 Å². The van der Waals surface area contributed by atoms with E-state index in [4.69, 9.17) is 0 Å². The zero-order valence-corrected chi connectivity index (χ0v) is 23.8. The fourth-order valence-corrected chi connectivity index (χ4v) is 6.48. The second-order valence-corrected chi connectivity index (χ2v) is 11.2. The van der Waals surface area contributed by atoms with E-state index in [1.165, 1.54) is 22.3 Å². The molecule has 5 heterocycles. The molecule has 0 saturated carbocycles. The van der Waals surface area contributed by atoms with Crippen LogP contribution in [0.1, 0.15) is 39.8 Å². The number of hydrogen-bond acceptors (Lipinski definition) is 7. The quantitative estimate of drug-likeness (QED) is 0.347. The van der Waals surface area contributed by atoms with Crippen LogP contribution in [0.15, 0.2) is 54.3 Å². The molecule has 7 rings (SSSR count). The van der Waals surface area contributed by atoms with Crippen LogP contribution in [-0.2, 0) is 24.3 Å². The third-order valence-corrected chi connectivity index (χ3v) is 8.66. The van der Waals surface area contributed by atoms with Crippen molar-refractivity contribution >= 4 is 46.4 Å². The van der Waals surface area contributed by atoms with Gasteiger partial charge in [0.15, 0.2) is 11.2 Å². The van der Waals surface area contributed by atoms with E-state index >= 15 is 4.39 Å². The minimum absolute atomic E-state index is 0. The molecule has 2 aromatic heterocycles. The van der Waals surface area contributed by atoms with Gasteiger partial charge in [0, 0.05) is 66.8 Å². The minimum atomic E-state index is -1.00. The maximum Gasteiger partial charge on any atom is 0.255 e. The van der Waals surface area contributed by atoms with Gasteiger partial charge in [-0.2, -0.15) is 0 Å². The van der Waals surface area contributed by atoms with Crippen LogP contribution in [-0.4, -0.2) is 57.4 Å². The fourth-order valence-electron chi connectivity index (χ4n) is 5.95. The Labute approximate surface area is 246 Å². The van der Waals surface area contributed by atoms with E-state index < -0.39 is 17.8 Å². The Bertz CT molecular complexity index is 1590. The van der Waals surface area contributed by atoms with E-state index in [-0.39, 0.29) is 30.4 Å². The molecule has 1 unspecified atom stereocenters. The van der Waals surface area contributed by atoms with E-state index in [0.29, 0.717) is 22.0 Å². The number of anilines is 2. The highest BCUT2D eigenvalue weighted by Gasteiger charge is 2.42. The van der Waals surface area contributed by atoms with E-state index in [9.17, 15) is 9.59 Å². The van der Waals surface area contributed by atoms with E-state index in [1.54, 1.807) is 24.0 Å². The number of amides is 2. The number of fused-ring (bicyclic) bond motifs is 2. The number of rotatable bonds is 6. The van der Waals surface area contributed by atoms with Gasteiger partial charge in [0.2, 0.25) is 0 Å². The number of imidazole rings is 1. The molecule has 3 aliphatic heterocycles. The average Bonchev–Trinajstić information content (AvgIpc) is 3.78. The predicted octanol–water partition coefficient (Wildman–Crippen LogP) is 4.26. The van der Waals surface area contributed by atoms with Gasteiger partial charge in [-0.05, 0) is 48.2 Å². The van der Waals surface area contributed by atoms with Crippen molar-refractivity contribution in [2.24, 2.45) is 0 Å². The SMILES string of the molecule is Cl.O=C(Nc1nccs1)C(c1ncn2c1CCC2)N1Cc2c(F)cc(-c3ccc(N4CCNCC4)cc3)cc2C1=O. The van der Waals surface area contributed by atoms with Gasteiger partial charge >= 0.3 is 0 Å². The number of nitrogens with one attached hydrogen (secondary N) is 2. The number of benzene rings is 2. The predicted molar refractivity (Wildman–Crippen MR) is 158 cm³/mol. The number of aryl methyl sites for hydroxylation is 1. The first-order chi connectivity index (χ1) is 19.6. The first kappa shape index (κ1) is 27.4. The Morgan fingerprint density at radius 2 is 1.88 bits per heavy atom. The summed E-state index contributed by atoms with van der Waals surface area (Å²) in [6.45, 7) is 4.58. The van der Waals surface area contributed by atoms with Crippen molar-refractivity contribution in [2.45, 2.75) is 32.0 Å². The van der Waals surface area contributed by atoms with Gasteiger partial charge in [-0.15, -0.1) is 23.7 Å². The van der Waals surface area contributed by atoms with Crippen LogP contribution in [0, 0.1) is 5.82 Å². The molecule has 41 heavy (non-hydrogen) atoms. The molecule has 4 aromatic rings. The molecular formula is C29H29ClFN7O2S. The van der Waals surface area contributed by atoms with Crippen LogP contribution in [0.3, 0.4) is 0 Å². The Hall–Kier alpha value is -3.80. The summed E-state index contributed by atoms with van der Waals surface area (Å²) in [6, 6.07) is 10.2. The molecule has 0 bridgehead atoms. The van der Waals surface area contributed by atoms with Crippen molar-refractivity contribution in [3.63, 3.8) is 0 Å². The highest BCUT2D eigenvalue weighted by atomic mass is 35.5. The molecular weight excluding hydrogens is 565 g/mol. The highest BCUT2D eigenvalue weighted by Crippen LogP contribution is 2.38. The highest BCUT2D eigenvalue weighted by molar-refractivity contribution is 7.13. The summed E-state index contributed by atoms with van der Waals surface area (Å²) in [5.74, 6) is -1.25. The topological polar surface area (TPSA) is 95.4 Å². The molecule has 2 amide bonds. The van der Waals surface area contributed by atoms with Crippen molar-refractivity contribution in [2.75, 3.05) is 36.4 Å². The summed E-state index contributed by atoms with van der Waals surface area (Å²) < 4.78 is 17.6. The molecule has 0 radical (unpaired) electrons. The van der Waals surface area contributed by atoms with Crippen LogP contribution in [0.5, 0.6) is 0 Å². The first-order valence-corrected chi connectivity index (χ1v) is 14.4. The smallest absolute Gasteiger partial charge is 0.255 e. The van der Waals surface area contributed by atoms with E-state index in [1.807, 2.05) is 28.8 Å². The summed E-state index contributed by atoms with van der Waals surface area (Å²) >= 11 is 1.30. The Balaban J connectivity index is 0.00000302. The van der Waals surface area contributed by atoms with Gasteiger partial charge in [0.1, 0.15) is 5.82 Å². The van der Waals surface area contributed by atoms with Crippen LogP contribution in [0.2, 0.25) is 0 Å². The van der Waals surface area contributed by atoms with Crippen molar-refractivity contribution < 1.29 is 14.0 Å². The molecule has 1 atom stereocenters. The molecule has 2 N–H and O–H groups in total. The van der Waals surface area contributed by atoms with Gasteiger partial charge in [-0.1, -0.05) is 12.1 Å². The number of aromatic nitrogens is 3. The molecule has 9 nitrogen and oxygen atoms in total. The van der Waals surface area contributed by atoms with Crippen LogP contribution in [0.4, 0.5) is 15.2 Å². The Kier molecular flexibility index (Phi) is 7.50. The zero-order valence-electron chi connectivity index (χ0n) is 22.2. The molecule has 2 aromatic carbocycles. The summed E-state index contributed by atoms with van der Waals surface area (Å²) in [6.07, 6.45) is 5.05. The lowest BCUT2D eigenvalue weighted by molar-refractivity contribution is -0.121. The van der Waals surface area contributed by atoms with Crippen LogP contribution >= 0.6 is 23.7 Å². The third-order valence-electron chi connectivity index (χ3n) is 7.97. The molecule has 1 fully saturated rings. The molecule has 0 spiro atoms. The third kappa shape index (κ3) is 4.98. The number of piperazine rings is 1. The summed E-state index contributed by atoms with van der Waals surface area (Å²) in [5.41, 5.74) is 4.64. The standard InChI is InChI=1S/C29H28FN7O2S.ClH/c30-23-15-19(18-3-5-20(6-4-18)35-11-7-31-8-12-35)14-21-22(23)16-37(28(21)39)26(27(38)34-29-32-9-13-40-29)25-24-2-1-10-36(24)17-33-25;/h3-6,9,13-15,17,26,31H,1-2,7-8,10-12,16H2,(H,32,34,38);1H. The summed E-state index contributed by atoms with van der Waals surface area (Å²) in [4.78, 5) is 40.0. The van der Waals surface area contributed by atoms with E-state index in [0.717, 1.165) is 62.5 Å². The maximum atomic E-state index is 15.6. The first-order valence-electron chi connectivity index (χ1n) is 13.5. The Morgan fingerprint density at radius 3 is 2.63 bits per heavy atom. The normalized spacial score (nSPS) is 16.8. The van der Waals surface area contributed by atoms with Crippen molar-refractivity contribution in [3.05, 3.63) is 82.6 Å². The number of thiazole rings is 1. The average molecular weight is 594 g/mol. The van der Waals surface area contributed by atoms with Crippen LogP contribution in [0.25, 0.3) is 11.1 Å². The maximum absolute atomic E-state index is 15.6. The minimum Gasteiger partial charge on any atom is -0.369 e. The van der Waals surface area contributed by atoms with Gasteiger partial charge in [-0.3, -0.25) is 14.9 Å². The number of carbonyl (C=O) groups excluding carboxylic acids is 2. The number of halogens is 2. The fraction of sp³-hybridized carbons (Fsp3) is 0.310. The van der Waals surface area contributed by atoms with Gasteiger partial charge < -0.3 is 19.7 Å². The Morgan fingerprint density at radius 1 is 1.07 bits per heavy atom. The summed E-state index contributed by atoms with van der Waals surface area (Å²) in [5, 5.41) is 8.39. The lowest BCUT2D eigenvalue weighted by atomic mass is 9.99. The number of nitrogens with zero attached hydrogens (tertiary/aromatic N) is 5. The monoisotopic (exact) mass is 593 g/mol. The van der Waals surface area contributed by atoms with Crippen molar-refractivity contribution in [3.8, 4) is 11.1 Å². The van der Waals surface area contributed by atoms with Gasteiger partial charge in [-0.25, -0.2) is 14.4 Å². The zero-order chi connectivity index (χ0) is 27.2. The lowest BCUT2D eigenvalue weighted by Gasteiger charge is -2.29. The number of carbonyl (C=O) groups is 2. The molecule has 0 aliphatic carbocycles. The molecule has 12 heteroatoms. The summed E-state index contributed by atoms with van der Waals surface area (Å²) in [7, 11) is 0. The van der Waals surface area contributed by atoms with Crippen molar-refractivity contribution in [1.82, 2.24) is 24.8 Å². The lowest BCUT2D eigenvalue weighted by Crippen LogP contribution is -2.43. The van der Waals surface area contributed by atoms with E-state index in [2.05, 4.69) is 25.5 Å². The van der Waals surface area contributed by atoms with Crippen LogP contribution < -0.4 is 15.5 Å². The molecule has 1 saturated heterocycles. The van der Waals surface area contributed by atoms with Crippen molar-refractivity contribution in [1.29, 1.82) is 0 Å². The second kappa shape index (κ2) is 11.2. The largest absolute Gasteiger partial charge is 0.369 e. The van der Waals surface area contributed by atoms with Gasteiger partial charge in [0.25, 0.3) is 11.8 Å². The second-order valence-electron chi connectivity index (χ2n) is 10.3. The molecule has 212 valence electrons.